The molecule has 0 aromatic carbocycles. The molecule has 26 heavy (non-hydrogen) atoms. The van der Waals surface area contributed by atoms with Gasteiger partial charge in [0.25, 0.3) is 0 Å². The van der Waals surface area contributed by atoms with Crippen LogP contribution in [0.3, 0.4) is 0 Å². The number of fused-ring (bicyclic) bond motifs is 2. The van der Waals surface area contributed by atoms with Crippen molar-refractivity contribution in [1.29, 1.82) is 0 Å². The van der Waals surface area contributed by atoms with E-state index < -0.39 is 35.8 Å². The van der Waals surface area contributed by atoms with Gasteiger partial charge in [-0.25, -0.2) is 4.79 Å². The number of carbonyl (C=O) groups is 2. The molecule has 2 heterocycles. The van der Waals surface area contributed by atoms with Gasteiger partial charge in [0.2, 0.25) is 0 Å². The maximum atomic E-state index is 12.2. The van der Waals surface area contributed by atoms with Gasteiger partial charge >= 0.3 is 11.9 Å². The van der Waals surface area contributed by atoms with Crippen molar-refractivity contribution in [2.75, 3.05) is 6.61 Å². The quantitative estimate of drug-likeness (QED) is 0.331. The Morgan fingerprint density at radius 3 is 2.81 bits per heavy atom. The third-order valence-corrected chi connectivity index (χ3v) is 5.47. The van der Waals surface area contributed by atoms with E-state index in [0.717, 1.165) is 0 Å². The van der Waals surface area contributed by atoms with Crippen molar-refractivity contribution in [3.8, 4) is 0 Å². The van der Waals surface area contributed by atoms with Crippen LogP contribution in [0.1, 0.15) is 33.6 Å². The molecular weight excluding hydrogens is 340 g/mol. The van der Waals surface area contributed by atoms with Crippen molar-refractivity contribution in [1.82, 2.24) is 0 Å². The molecule has 0 aromatic heterocycles. The highest BCUT2D eigenvalue weighted by Gasteiger charge is 2.57. The van der Waals surface area contributed by atoms with Crippen LogP contribution in [0.2, 0.25) is 0 Å². The van der Waals surface area contributed by atoms with Crippen LogP contribution in [-0.2, 0) is 23.8 Å². The van der Waals surface area contributed by atoms with Gasteiger partial charge in [0.15, 0.2) is 0 Å². The van der Waals surface area contributed by atoms with Crippen LogP contribution in [0.5, 0.6) is 0 Å². The third kappa shape index (κ3) is 3.43. The molecule has 0 amide bonds. The summed E-state index contributed by atoms with van der Waals surface area (Å²) in [5, 5.41) is 20.0. The summed E-state index contributed by atoms with van der Waals surface area (Å²) in [7, 11) is 0. The monoisotopic (exact) mass is 366 g/mol. The Morgan fingerprint density at radius 2 is 2.19 bits per heavy atom. The number of rotatable bonds is 3. The van der Waals surface area contributed by atoms with E-state index in [1.165, 1.54) is 0 Å². The van der Waals surface area contributed by atoms with Crippen molar-refractivity contribution >= 4 is 11.9 Å². The highest BCUT2D eigenvalue weighted by molar-refractivity contribution is 5.91. The minimum Gasteiger partial charge on any atom is -0.461 e. The molecule has 2 saturated heterocycles. The molecule has 0 unspecified atom stereocenters. The van der Waals surface area contributed by atoms with Crippen molar-refractivity contribution in [3.63, 3.8) is 0 Å². The van der Waals surface area contributed by atoms with Gasteiger partial charge in [-0.2, -0.15) is 0 Å². The van der Waals surface area contributed by atoms with Gasteiger partial charge in [-0.3, -0.25) is 4.79 Å². The van der Waals surface area contributed by atoms with Crippen molar-refractivity contribution in [2.24, 2.45) is 11.8 Å². The van der Waals surface area contributed by atoms with E-state index in [9.17, 15) is 19.8 Å². The number of ether oxygens (including phenoxy) is 3. The molecule has 0 bridgehead atoms. The summed E-state index contributed by atoms with van der Waals surface area (Å²) in [6.07, 6.45) is -0.259. The summed E-state index contributed by atoms with van der Waals surface area (Å²) in [4.78, 5) is 24.3. The fourth-order valence-corrected chi connectivity index (χ4v) is 3.71. The van der Waals surface area contributed by atoms with Gasteiger partial charge in [-0.15, -0.1) is 0 Å². The van der Waals surface area contributed by atoms with E-state index in [2.05, 4.69) is 6.58 Å². The first-order valence-corrected chi connectivity index (χ1v) is 8.94. The zero-order chi connectivity index (χ0) is 19.2. The summed E-state index contributed by atoms with van der Waals surface area (Å²) >= 11 is 0. The summed E-state index contributed by atoms with van der Waals surface area (Å²) < 4.78 is 16.9. The largest absolute Gasteiger partial charge is 0.461 e. The molecule has 7 heteroatoms. The van der Waals surface area contributed by atoms with E-state index in [0.29, 0.717) is 18.4 Å². The van der Waals surface area contributed by atoms with Gasteiger partial charge in [-0.05, 0) is 18.6 Å². The second-order valence-corrected chi connectivity index (χ2v) is 7.83. The molecule has 0 aromatic rings. The average Bonchev–Trinajstić information content (AvgIpc) is 3.09. The molecule has 2 N–H and O–H groups in total. The van der Waals surface area contributed by atoms with Gasteiger partial charge < -0.3 is 24.4 Å². The highest BCUT2D eigenvalue weighted by Crippen LogP contribution is 2.47. The summed E-state index contributed by atoms with van der Waals surface area (Å²) in [6, 6.07) is 0. The van der Waals surface area contributed by atoms with E-state index in [1.807, 2.05) is 6.92 Å². The van der Waals surface area contributed by atoms with Crippen LogP contribution in [0.15, 0.2) is 23.8 Å². The average molecular weight is 366 g/mol. The molecule has 144 valence electrons. The van der Waals surface area contributed by atoms with E-state index in [-0.39, 0.29) is 30.2 Å². The molecule has 2 fully saturated rings. The molecule has 3 rings (SSSR count). The Balaban J connectivity index is 1.99. The van der Waals surface area contributed by atoms with Crippen LogP contribution in [-0.4, -0.2) is 58.8 Å². The van der Waals surface area contributed by atoms with Crippen molar-refractivity contribution in [2.45, 2.75) is 63.6 Å². The molecule has 6 atom stereocenters. The normalized spacial score (nSPS) is 39.6. The lowest BCUT2D eigenvalue weighted by atomic mass is 9.82. The number of epoxide rings is 1. The fourth-order valence-electron chi connectivity index (χ4n) is 3.71. The lowest BCUT2D eigenvalue weighted by Crippen LogP contribution is -2.38. The minimum absolute atomic E-state index is 0.212. The predicted molar refractivity (Wildman–Crippen MR) is 90.9 cm³/mol. The first kappa shape index (κ1) is 19.1. The number of hydrogen-bond donors (Lipinski definition) is 2. The van der Waals surface area contributed by atoms with Crippen molar-refractivity contribution in [3.05, 3.63) is 23.8 Å². The van der Waals surface area contributed by atoms with Crippen LogP contribution >= 0.6 is 0 Å². The SMILES string of the molecule is C=C1C(=O)O[C@H]2C=C(CO)[C@@H](O)C[C@H]3O[C@]3(C)C[C@@H](OC(=O)C(C)C)[C@@H]12. The topological polar surface area (TPSA) is 106 Å². The minimum atomic E-state index is -0.894. The Hall–Kier alpha value is -1.70. The number of aliphatic hydroxyl groups excluding tert-OH is 2. The summed E-state index contributed by atoms with van der Waals surface area (Å²) in [5.41, 5.74) is 0.00855. The zero-order valence-electron chi connectivity index (χ0n) is 15.3. The molecule has 0 spiro atoms. The Labute approximate surface area is 152 Å². The maximum absolute atomic E-state index is 12.2. The van der Waals surface area contributed by atoms with Crippen LogP contribution in [0.25, 0.3) is 0 Å². The second kappa shape index (κ2) is 6.79. The first-order valence-electron chi connectivity index (χ1n) is 8.94. The molecule has 0 saturated carbocycles. The van der Waals surface area contributed by atoms with Gasteiger partial charge in [-0.1, -0.05) is 20.4 Å². The number of hydrogen-bond acceptors (Lipinski definition) is 7. The van der Waals surface area contributed by atoms with E-state index in [4.69, 9.17) is 14.2 Å². The molecule has 2 aliphatic heterocycles. The highest BCUT2D eigenvalue weighted by atomic mass is 16.6. The summed E-state index contributed by atoms with van der Waals surface area (Å²) in [5.74, 6) is -1.83. The molecule has 0 radical (unpaired) electrons. The van der Waals surface area contributed by atoms with Crippen LogP contribution in [0, 0.1) is 11.8 Å². The second-order valence-electron chi connectivity index (χ2n) is 7.83. The maximum Gasteiger partial charge on any atom is 0.334 e. The Kier molecular flexibility index (Phi) is 4.98. The number of aliphatic hydroxyl groups is 2. The Bertz CT molecular complexity index is 652. The smallest absolute Gasteiger partial charge is 0.334 e. The van der Waals surface area contributed by atoms with Gasteiger partial charge in [0, 0.05) is 18.4 Å². The predicted octanol–water partition coefficient (Wildman–Crippen LogP) is 0.883. The van der Waals surface area contributed by atoms with Crippen molar-refractivity contribution < 1.29 is 34.0 Å². The molecular formula is C19H26O7. The van der Waals surface area contributed by atoms with Crippen LogP contribution < -0.4 is 0 Å². The lowest BCUT2D eigenvalue weighted by Gasteiger charge is -2.29. The molecule has 3 aliphatic rings. The molecule has 7 nitrogen and oxygen atoms in total. The standard InChI is InChI=1S/C19H26O7/c1-9(2)17(22)25-14-7-19(4)15(26-19)6-12(21)11(8-20)5-13-16(14)10(3)18(23)24-13/h5,9,12-16,20-21H,3,6-8H2,1-2,4H3/t12-,13-,14+,15+,16-,19+/m0/s1. The van der Waals surface area contributed by atoms with Gasteiger partial charge in [0.1, 0.15) is 12.2 Å². The van der Waals surface area contributed by atoms with E-state index >= 15 is 0 Å². The summed E-state index contributed by atoms with van der Waals surface area (Å²) in [6.45, 7) is 8.82. The lowest BCUT2D eigenvalue weighted by molar-refractivity contribution is -0.157. The first-order chi connectivity index (χ1) is 12.2. The van der Waals surface area contributed by atoms with Crippen LogP contribution in [0.4, 0.5) is 0 Å². The zero-order valence-corrected chi connectivity index (χ0v) is 15.3. The fraction of sp³-hybridized carbons (Fsp3) is 0.684. The third-order valence-electron chi connectivity index (χ3n) is 5.47. The Morgan fingerprint density at radius 1 is 1.50 bits per heavy atom. The molecule has 1 aliphatic carbocycles. The number of esters is 2. The van der Waals surface area contributed by atoms with Gasteiger partial charge in [0.05, 0.1) is 36.3 Å². The van der Waals surface area contributed by atoms with E-state index in [1.54, 1.807) is 19.9 Å². The number of carbonyl (C=O) groups excluding carboxylic acids is 2.